The summed E-state index contributed by atoms with van der Waals surface area (Å²) in [5.74, 6) is 1.24. The van der Waals surface area contributed by atoms with E-state index >= 15 is 0 Å². The average Bonchev–Trinajstić information content (AvgIpc) is 2.89. The van der Waals surface area contributed by atoms with Crippen LogP contribution in [0.3, 0.4) is 0 Å². The van der Waals surface area contributed by atoms with Gasteiger partial charge < -0.3 is 4.74 Å². The maximum absolute atomic E-state index is 6.27. The highest BCUT2D eigenvalue weighted by atomic mass is 79.9. The van der Waals surface area contributed by atoms with Crippen molar-refractivity contribution < 1.29 is 4.74 Å². The van der Waals surface area contributed by atoms with Crippen molar-refractivity contribution in [3.05, 3.63) is 27.7 Å². The summed E-state index contributed by atoms with van der Waals surface area (Å²) < 4.78 is 5.15. The van der Waals surface area contributed by atoms with Crippen LogP contribution >= 0.6 is 39.1 Å². The number of ether oxygens (including phenoxy) is 1. The first kappa shape index (κ1) is 13.5. The van der Waals surface area contributed by atoms with Gasteiger partial charge in [-0.1, -0.05) is 53.0 Å². The molecule has 0 heterocycles. The summed E-state index contributed by atoms with van der Waals surface area (Å²) >= 11 is 16.1. The van der Waals surface area contributed by atoms with Gasteiger partial charge in [0.05, 0.1) is 12.1 Å². The smallest absolute Gasteiger partial charge is 0.138 e. The van der Waals surface area contributed by atoms with E-state index in [4.69, 9.17) is 27.9 Å². The summed E-state index contributed by atoms with van der Waals surface area (Å²) in [7, 11) is 1.59. The van der Waals surface area contributed by atoms with Crippen molar-refractivity contribution >= 4 is 39.1 Å². The van der Waals surface area contributed by atoms with Gasteiger partial charge in [-0.2, -0.15) is 0 Å². The topological polar surface area (TPSA) is 9.23 Å². The molecule has 2 rings (SSSR count). The quantitative estimate of drug-likeness (QED) is 0.663. The number of hydrogen-bond acceptors (Lipinski definition) is 1. The van der Waals surface area contributed by atoms with Gasteiger partial charge in [-0.25, -0.2) is 0 Å². The van der Waals surface area contributed by atoms with E-state index in [-0.39, 0.29) is 4.83 Å². The number of rotatable bonds is 3. The van der Waals surface area contributed by atoms with Crippen molar-refractivity contribution in [3.63, 3.8) is 0 Å². The van der Waals surface area contributed by atoms with Gasteiger partial charge in [-0.15, -0.1) is 0 Å². The van der Waals surface area contributed by atoms with Gasteiger partial charge in [0.1, 0.15) is 5.75 Å². The minimum absolute atomic E-state index is 0.258. The van der Waals surface area contributed by atoms with Crippen LogP contribution in [0, 0.1) is 11.3 Å². The molecule has 1 aromatic rings. The van der Waals surface area contributed by atoms with Gasteiger partial charge in [-0.3, -0.25) is 0 Å². The molecule has 0 saturated heterocycles. The van der Waals surface area contributed by atoms with E-state index in [0.29, 0.717) is 27.1 Å². The Labute approximate surface area is 121 Å². The molecular weight excluding hydrogens is 323 g/mol. The molecule has 0 aliphatic heterocycles. The largest absolute Gasteiger partial charge is 0.495 e. The zero-order valence-corrected chi connectivity index (χ0v) is 13.2. The number of alkyl halides is 1. The van der Waals surface area contributed by atoms with Crippen LogP contribution in [-0.2, 0) is 0 Å². The van der Waals surface area contributed by atoms with E-state index < -0.39 is 0 Å². The minimum Gasteiger partial charge on any atom is -0.495 e. The van der Waals surface area contributed by atoms with E-state index in [9.17, 15) is 0 Å². The summed E-state index contributed by atoms with van der Waals surface area (Å²) in [6.45, 7) is 4.54. The Bertz CT molecular complexity index is 445. The molecule has 1 aromatic carbocycles. The third kappa shape index (κ3) is 2.59. The Hall–Kier alpha value is 0.0800. The molecule has 0 bridgehead atoms. The Kier molecular flexibility index (Phi) is 3.69. The highest BCUT2D eigenvalue weighted by molar-refractivity contribution is 9.09. The first-order chi connectivity index (χ1) is 7.86. The average molecular weight is 338 g/mol. The van der Waals surface area contributed by atoms with Crippen LogP contribution in [0.5, 0.6) is 5.75 Å². The van der Waals surface area contributed by atoms with Crippen LogP contribution in [0.15, 0.2) is 12.1 Å². The van der Waals surface area contributed by atoms with Crippen molar-refractivity contribution in [2.45, 2.75) is 25.1 Å². The Balaban J connectivity index is 2.30. The molecule has 94 valence electrons. The highest BCUT2D eigenvalue weighted by Crippen LogP contribution is 2.61. The van der Waals surface area contributed by atoms with E-state index in [1.165, 1.54) is 6.42 Å². The molecule has 2 unspecified atom stereocenters. The maximum Gasteiger partial charge on any atom is 0.138 e. The van der Waals surface area contributed by atoms with Gasteiger partial charge in [0, 0.05) is 15.9 Å². The van der Waals surface area contributed by atoms with Crippen molar-refractivity contribution in [3.8, 4) is 5.75 Å². The zero-order chi connectivity index (χ0) is 12.8. The maximum atomic E-state index is 6.27. The molecule has 2 atom stereocenters. The third-order valence-electron chi connectivity index (χ3n) is 3.51. The minimum atomic E-state index is 0.258. The number of halogens is 3. The third-order valence-corrected chi connectivity index (χ3v) is 5.27. The first-order valence-corrected chi connectivity index (χ1v) is 7.21. The summed E-state index contributed by atoms with van der Waals surface area (Å²) in [6, 6.07) is 3.68. The fourth-order valence-corrected chi connectivity index (χ4v) is 4.07. The fraction of sp³-hybridized carbons (Fsp3) is 0.538. The van der Waals surface area contributed by atoms with Gasteiger partial charge >= 0.3 is 0 Å². The van der Waals surface area contributed by atoms with E-state index in [1.54, 1.807) is 13.2 Å². The molecule has 1 fully saturated rings. The summed E-state index contributed by atoms with van der Waals surface area (Å²) in [4.78, 5) is 0.258. The summed E-state index contributed by atoms with van der Waals surface area (Å²) in [6.07, 6.45) is 1.21. The number of hydrogen-bond donors (Lipinski definition) is 0. The summed E-state index contributed by atoms with van der Waals surface area (Å²) in [5, 5.41) is 1.31. The van der Waals surface area contributed by atoms with Crippen LogP contribution < -0.4 is 4.74 Å². The molecule has 1 saturated carbocycles. The van der Waals surface area contributed by atoms with E-state index in [2.05, 4.69) is 29.8 Å². The second kappa shape index (κ2) is 4.64. The first-order valence-electron chi connectivity index (χ1n) is 5.54. The lowest BCUT2D eigenvalue weighted by Crippen LogP contribution is -2.00. The number of benzene rings is 1. The monoisotopic (exact) mass is 336 g/mol. The molecule has 1 nitrogen and oxygen atoms in total. The van der Waals surface area contributed by atoms with Crippen molar-refractivity contribution in [2.75, 3.05) is 7.11 Å². The Morgan fingerprint density at radius 3 is 2.41 bits per heavy atom. The van der Waals surface area contributed by atoms with Crippen molar-refractivity contribution in [2.24, 2.45) is 11.3 Å². The predicted molar refractivity (Wildman–Crippen MR) is 76.6 cm³/mol. The SMILES string of the molecule is COc1cc(Cl)c(C(Br)C2CC2(C)C)cc1Cl. The highest BCUT2D eigenvalue weighted by Gasteiger charge is 2.50. The lowest BCUT2D eigenvalue weighted by atomic mass is 10.0. The van der Waals surface area contributed by atoms with Gasteiger partial charge in [-0.05, 0) is 29.4 Å². The molecule has 0 N–H and O–H groups in total. The molecular formula is C13H15BrCl2O. The lowest BCUT2D eigenvalue weighted by molar-refractivity contribution is 0.415. The fourth-order valence-electron chi connectivity index (χ4n) is 2.14. The molecule has 4 heteroatoms. The van der Waals surface area contributed by atoms with Crippen molar-refractivity contribution in [1.82, 2.24) is 0 Å². The molecule has 17 heavy (non-hydrogen) atoms. The van der Waals surface area contributed by atoms with Gasteiger partial charge in [0.25, 0.3) is 0 Å². The normalized spacial score (nSPS) is 23.3. The second-order valence-electron chi connectivity index (χ2n) is 5.21. The van der Waals surface area contributed by atoms with Crippen molar-refractivity contribution in [1.29, 1.82) is 0 Å². The van der Waals surface area contributed by atoms with Gasteiger partial charge in [0.2, 0.25) is 0 Å². The Morgan fingerprint density at radius 1 is 1.35 bits per heavy atom. The molecule has 0 amide bonds. The second-order valence-corrected chi connectivity index (χ2v) is 7.01. The standard InChI is InChI=1S/C13H15BrCl2O/c1-13(2)6-8(13)12(14)7-4-10(16)11(17-3)5-9(7)15/h4-5,8,12H,6H2,1-3H3. The van der Waals surface area contributed by atoms with Crippen LogP contribution in [0.25, 0.3) is 0 Å². The van der Waals surface area contributed by atoms with E-state index in [1.807, 2.05) is 6.07 Å². The van der Waals surface area contributed by atoms with Gasteiger partial charge in [0.15, 0.2) is 0 Å². The molecule has 1 aliphatic carbocycles. The molecule has 0 aromatic heterocycles. The molecule has 0 radical (unpaired) electrons. The zero-order valence-electron chi connectivity index (χ0n) is 10.1. The predicted octanol–water partition coefficient (Wildman–Crippen LogP) is 5.48. The van der Waals surface area contributed by atoms with Crippen LogP contribution in [-0.4, -0.2) is 7.11 Å². The Morgan fingerprint density at radius 2 is 1.94 bits per heavy atom. The van der Waals surface area contributed by atoms with Crippen LogP contribution in [0.2, 0.25) is 10.0 Å². The lowest BCUT2D eigenvalue weighted by Gasteiger charge is -2.15. The van der Waals surface area contributed by atoms with Crippen LogP contribution in [0.4, 0.5) is 0 Å². The van der Waals surface area contributed by atoms with Crippen LogP contribution in [0.1, 0.15) is 30.7 Å². The summed E-state index contributed by atoms with van der Waals surface area (Å²) in [5.41, 5.74) is 1.44. The van der Waals surface area contributed by atoms with E-state index in [0.717, 1.165) is 5.56 Å². The molecule has 0 spiro atoms. The molecule has 1 aliphatic rings. The number of methoxy groups -OCH3 is 1.